The van der Waals surface area contributed by atoms with E-state index in [1.165, 1.54) is 0 Å². The number of nitrogens with zero attached hydrogens (tertiary/aromatic N) is 1. The molecule has 4 nitrogen and oxygen atoms in total. The number of esters is 1. The van der Waals surface area contributed by atoms with Crippen LogP contribution < -0.4 is 5.73 Å². The highest BCUT2D eigenvalue weighted by atomic mass is 19.4. The summed E-state index contributed by atoms with van der Waals surface area (Å²) in [4.78, 5) is 13.9. The number of hydrogen-bond acceptors (Lipinski definition) is 4. The number of hydrogen-bond donors (Lipinski definition) is 1. The lowest BCUT2D eigenvalue weighted by atomic mass is 10.1. The zero-order chi connectivity index (χ0) is 14.1. The lowest BCUT2D eigenvalue weighted by molar-refractivity contribution is -0.143. The molecule has 18 heavy (non-hydrogen) atoms. The summed E-state index contributed by atoms with van der Waals surface area (Å²) in [6, 6.07) is 0. The third-order valence-corrected chi connectivity index (χ3v) is 2.05. The number of carbonyl (C=O) groups is 1. The van der Waals surface area contributed by atoms with Crippen molar-refractivity contribution in [2.24, 2.45) is 0 Å². The van der Waals surface area contributed by atoms with Crippen LogP contribution in [0, 0.1) is 0 Å². The Morgan fingerprint density at radius 1 is 1.44 bits per heavy atom. The second kappa shape index (κ2) is 4.75. The molecule has 1 aromatic heterocycles. The Labute approximate surface area is 97.6 Å². The lowest BCUT2D eigenvalue weighted by Gasteiger charge is -2.15. The zero-order valence-corrected chi connectivity index (χ0v) is 8.89. The first kappa shape index (κ1) is 14.1. The van der Waals surface area contributed by atoms with Crippen LogP contribution in [-0.4, -0.2) is 18.1 Å². The number of nitrogens with two attached hydrogens (primary N) is 1. The molecule has 0 fully saturated rings. The topological polar surface area (TPSA) is 65.2 Å². The van der Waals surface area contributed by atoms with Gasteiger partial charge in [0.1, 0.15) is 5.56 Å². The van der Waals surface area contributed by atoms with Gasteiger partial charge in [-0.2, -0.15) is 13.2 Å². The minimum Gasteiger partial charge on any atom is -0.465 e. The minimum absolute atomic E-state index is 0.454. The van der Waals surface area contributed by atoms with Crippen LogP contribution in [0.25, 0.3) is 0 Å². The largest absolute Gasteiger partial charge is 0.465 e. The van der Waals surface area contributed by atoms with Gasteiger partial charge in [0, 0.05) is 6.20 Å². The van der Waals surface area contributed by atoms with Gasteiger partial charge in [0.25, 0.3) is 6.43 Å². The second-order valence-corrected chi connectivity index (χ2v) is 3.14. The normalized spacial score (nSPS) is 11.7. The van der Waals surface area contributed by atoms with Gasteiger partial charge in [-0.25, -0.2) is 13.6 Å². The average Bonchev–Trinajstić information content (AvgIpc) is 2.25. The van der Waals surface area contributed by atoms with E-state index in [1.807, 2.05) is 0 Å². The first-order chi connectivity index (χ1) is 8.20. The van der Waals surface area contributed by atoms with Gasteiger partial charge in [-0.3, -0.25) is 4.98 Å². The monoisotopic (exact) mass is 270 g/mol. The van der Waals surface area contributed by atoms with Gasteiger partial charge in [-0.15, -0.1) is 0 Å². The Bertz CT molecular complexity index is 473. The smallest absolute Gasteiger partial charge is 0.433 e. The van der Waals surface area contributed by atoms with Crippen molar-refractivity contribution in [2.75, 3.05) is 12.8 Å². The van der Waals surface area contributed by atoms with E-state index in [0.29, 0.717) is 6.20 Å². The molecule has 0 saturated carbocycles. The summed E-state index contributed by atoms with van der Waals surface area (Å²) in [6.07, 6.45) is -8.15. The number of ether oxygens (including phenoxy) is 1. The number of methoxy groups -OCH3 is 1. The molecule has 0 aromatic carbocycles. The third-order valence-electron chi connectivity index (χ3n) is 2.05. The number of rotatable bonds is 2. The zero-order valence-electron chi connectivity index (χ0n) is 8.89. The maximum absolute atomic E-state index is 12.6. The molecule has 0 unspecified atom stereocenters. The van der Waals surface area contributed by atoms with Gasteiger partial charge in [0.2, 0.25) is 0 Å². The Kier molecular flexibility index (Phi) is 3.73. The fourth-order valence-corrected chi connectivity index (χ4v) is 1.26. The first-order valence-corrected chi connectivity index (χ1v) is 4.42. The molecule has 0 aliphatic carbocycles. The van der Waals surface area contributed by atoms with E-state index < -0.39 is 41.1 Å². The van der Waals surface area contributed by atoms with E-state index >= 15 is 0 Å². The number of anilines is 1. The summed E-state index contributed by atoms with van der Waals surface area (Å²) in [7, 11) is 0.932. The maximum atomic E-state index is 12.6. The van der Waals surface area contributed by atoms with Crippen LogP contribution in [0.3, 0.4) is 0 Å². The first-order valence-electron chi connectivity index (χ1n) is 4.42. The fourth-order valence-electron chi connectivity index (χ4n) is 1.26. The molecule has 100 valence electrons. The number of carbonyl (C=O) groups excluding carboxylic acids is 1. The SMILES string of the molecule is COC(=O)c1cnc(C(F)(F)F)c(C(F)F)c1N. The van der Waals surface area contributed by atoms with Gasteiger partial charge in [-0.1, -0.05) is 0 Å². The predicted octanol–water partition coefficient (Wildman–Crippen LogP) is 2.41. The molecular formula is C9H7F5N2O2. The third kappa shape index (κ3) is 2.49. The quantitative estimate of drug-likeness (QED) is 0.662. The van der Waals surface area contributed by atoms with Crippen LogP contribution in [0.4, 0.5) is 27.6 Å². The molecule has 0 radical (unpaired) electrons. The summed E-state index contributed by atoms with van der Waals surface area (Å²) in [5.74, 6) is -1.14. The van der Waals surface area contributed by atoms with Crippen molar-refractivity contribution in [1.29, 1.82) is 0 Å². The number of nitrogen functional groups attached to an aromatic ring is 1. The Morgan fingerprint density at radius 2 is 2.00 bits per heavy atom. The van der Waals surface area contributed by atoms with Crippen molar-refractivity contribution in [1.82, 2.24) is 4.98 Å². The van der Waals surface area contributed by atoms with E-state index in [2.05, 4.69) is 9.72 Å². The van der Waals surface area contributed by atoms with E-state index in [4.69, 9.17) is 5.73 Å². The van der Waals surface area contributed by atoms with Gasteiger partial charge < -0.3 is 10.5 Å². The summed E-state index contributed by atoms with van der Waals surface area (Å²) in [6.45, 7) is 0. The van der Waals surface area contributed by atoms with Crippen LogP contribution in [0.1, 0.15) is 28.0 Å². The van der Waals surface area contributed by atoms with Crippen molar-refractivity contribution >= 4 is 11.7 Å². The Morgan fingerprint density at radius 3 is 2.39 bits per heavy atom. The molecule has 0 saturated heterocycles. The van der Waals surface area contributed by atoms with Crippen LogP contribution in [-0.2, 0) is 10.9 Å². The van der Waals surface area contributed by atoms with Crippen LogP contribution in [0.15, 0.2) is 6.20 Å². The summed E-state index contributed by atoms with van der Waals surface area (Å²) in [5, 5.41) is 0. The van der Waals surface area contributed by atoms with Gasteiger partial charge >= 0.3 is 12.1 Å². The molecule has 0 spiro atoms. The minimum atomic E-state index is -5.09. The van der Waals surface area contributed by atoms with Crippen molar-refractivity contribution in [3.05, 3.63) is 23.0 Å². The molecule has 0 atom stereocenters. The molecule has 0 amide bonds. The predicted molar refractivity (Wildman–Crippen MR) is 49.9 cm³/mol. The van der Waals surface area contributed by atoms with Gasteiger partial charge in [0.05, 0.1) is 18.4 Å². The summed E-state index contributed by atoms with van der Waals surface area (Å²) >= 11 is 0. The van der Waals surface area contributed by atoms with Crippen LogP contribution in [0.2, 0.25) is 0 Å². The summed E-state index contributed by atoms with van der Waals surface area (Å²) in [5.41, 5.74) is 0.173. The average molecular weight is 270 g/mol. The molecule has 2 N–H and O–H groups in total. The van der Waals surface area contributed by atoms with Gasteiger partial charge in [0.15, 0.2) is 5.69 Å². The lowest BCUT2D eigenvalue weighted by Crippen LogP contribution is -2.17. The molecule has 0 aliphatic heterocycles. The molecule has 0 aliphatic rings. The maximum Gasteiger partial charge on any atom is 0.433 e. The Balaban J connectivity index is 3.53. The molecular weight excluding hydrogens is 263 g/mol. The number of aromatic nitrogens is 1. The van der Waals surface area contributed by atoms with Crippen molar-refractivity contribution in [2.45, 2.75) is 12.6 Å². The van der Waals surface area contributed by atoms with E-state index in [-0.39, 0.29) is 0 Å². The van der Waals surface area contributed by atoms with E-state index in [0.717, 1.165) is 7.11 Å². The van der Waals surface area contributed by atoms with E-state index in [1.54, 1.807) is 0 Å². The number of pyridine rings is 1. The molecule has 0 bridgehead atoms. The number of halogens is 5. The number of alkyl halides is 5. The fraction of sp³-hybridized carbons (Fsp3) is 0.333. The summed E-state index contributed by atoms with van der Waals surface area (Å²) < 4.78 is 66.7. The molecule has 1 aromatic rings. The highest BCUT2D eigenvalue weighted by Crippen LogP contribution is 2.38. The highest BCUT2D eigenvalue weighted by Gasteiger charge is 2.40. The van der Waals surface area contributed by atoms with Crippen molar-refractivity contribution in [3.8, 4) is 0 Å². The second-order valence-electron chi connectivity index (χ2n) is 3.14. The molecule has 1 rings (SSSR count). The van der Waals surface area contributed by atoms with Gasteiger partial charge in [-0.05, 0) is 0 Å². The molecule has 1 heterocycles. The van der Waals surface area contributed by atoms with Crippen molar-refractivity contribution in [3.63, 3.8) is 0 Å². The molecule has 9 heteroatoms. The van der Waals surface area contributed by atoms with Crippen molar-refractivity contribution < 1.29 is 31.5 Å². The van der Waals surface area contributed by atoms with Crippen LogP contribution >= 0.6 is 0 Å². The highest BCUT2D eigenvalue weighted by molar-refractivity contribution is 5.95. The standard InChI is InChI=1S/C9H7F5N2O2/c1-18-8(17)3-2-16-6(9(12,13)14)4(5(3)15)7(10)11/h2,7H,1H3,(H2,15,16). The van der Waals surface area contributed by atoms with Crippen LogP contribution in [0.5, 0.6) is 0 Å². The van der Waals surface area contributed by atoms with E-state index in [9.17, 15) is 26.7 Å². The Hall–Kier alpha value is -1.93.